The van der Waals surface area contributed by atoms with Crippen LogP contribution < -0.4 is 10.9 Å². The third-order valence-electron chi connectivity index (χ3n) is 3.46. The number of hydrogen-bond acceptors (Lipinski definition) is 5. The van der Waals surface area contributed by atoms with Crippen molar-refractivity contribution in [3.8, 4) is 0 Å². The van der Waals surface area contributed by atoms with Crippen molar-refractivity contribution in [1.29, 1.82) is 0 Å². The first kappa shape index (κ1) is 19.1. The number of methoxy groups -OCH3 is 1. The zero-order valence-electron chi connectivity index (χ0n) is 14.5. The van der Waals surface area contributed by atoms with Crippen LogP contribution in [0.2, 0.25) is 0 Å². The van der Waals surface area contributed by atoms with Crippen molar-refractivity contribution in [1.82, 2.24) is 10.9 Å². The zero-order valence-corrected chi connectivity index (χ0v) is 14.5. The number of hydrazine groups is 1. The Morgan fingerprint density at radius 2 is 1.65 bits per heavy atom. The Morgan fingerprint density at radius 3 is 2.35 bits per heavy atom. The summed E-state index contributed by atoms with van der Waals surface area (Å²) in [6.07, 6.45) is -1.08. The maximum absolute atomic E-state index is 12.1. The number of carbonyl (C=O) groups is 3. The molecule has 0 saturated heterocycles. The van der Waals surface area contributed by atoms with Crippen LogP contribution in [0.5, 0.6) is 0 Å². The quantitative estimate of drug-likeness (QED) is 0.608. The molecule has 1 atom stereocenters. The molecule has 0 saturated carbocycles. The lowest BCUT2D eigenvalue weighted by molar-refractivity contribution is -0.129. The molecule has 0 aliphatic rings. The number of nitrogens with one attached hydrogen (secondary N) is 2. The fraction of sp³-hybridized carbons (Fsp3) is 0.211. The van der Waals surface area contributed by atoms with Gasteiger partial charge in [0.25, 0.3) is 11.8 Å². The number of benzene rings is 2. The van der Waals surface area contributed by atoms with E-state index in [9.17, 15) is 14.4 Å². The van der Waals surface area contributed by atoms with Crippen molar-refractivity contribution in [3.05, 3.63) is 71.3 Å². The topological polar surface area (TPSA) is 93.7 Å². The molecule has 7 heteroatoms. The molecule has 0 aromatic heterocycles. The van der Waals surface area contributed by atoms with E-state index in [1.165, 1.54) is 6.92 Å². The molecule has 0 aliphatic heterocycles. The van der Waals surface area contributed by atoms with Gasteiger partial charge in [-0.3, -0.25) is 20.4 Å². The summed E-state index contributed by atoms with van der Waals surface area (Å²) >= 11 is 0. The van der Waals surface area contributed by atoms with E-state index in [0.717, 1.165) is 5.56 Å². The predicted octanol–water partition coefficient (Wildman–Crippen LogP) is 1.84. The molecule has 26 heavy (non-hydrogen) atoms. The van der Waals surface area contributed by atoms with E-state index in [1.54, 1.807) is 55.6 Å². The average Bonchev–Trinajstić information content (AvgIpc) is 2.66. The minimum absolute atomic E-state index is 0.313. The number of hydrogen-bond donors (Lipinski definition) is 2. The lowest BCUT2D eigenvalue weighted by Gasteiger charge is -2.14. The monoisotopic (exact) mass is 356 g/mol. The summed E-state index contributed by atoms with van der Waals surface area (Å²) in [6, 6.07) is 15.1. The number of ether oxygens (including phenoxy) is 2. The number of amides is 2. The molecule has 0 bridgehead atoms. The van der Waals surface area contributed by atoms with Gasteiger partial charge in [-0.05, 0) is 36.8 Å². The zero-order chi connectivity index (χ0) is 18.9. The Hall–Kier alpha value is -3.19. The molecule has 0 radical (unpaired) electrons. The smallest absolute Gasteiger partial charge is 0.338 e. The Morgan fingerprint density at radius 1 is 0.962 bits per heavy atom. The Balaban J connectivity index is 1.87. The lowest BCUT2D eigenvalue weighted by atomic mass is 10.1. The second-order valence-corrected chi connectivity index (χ2v) is 5.49. The third-order valence-corrected chi connectivity index (χ3v) is 3.46. The molecule has 0 heterocycles. The van der Waals surface area contributed by atoms with Gasteiger partial charge in [-0.2, -0.15) is 0 Å². The van der Waals surface area contributed by atoms with Gasteiger partial charge < -0.3 is 9.47 Å². The first-order valence-corrected chi connectivity index (χ1v) is 7.95. The molecule has 2 rings (SSSR count). The van der Waals surface area contributed by atoms with E-state index < -0.39 is 23.9 Å². The van der Waals surface area contributed by atoms with Crippen molar-refractivity contribution < 1.29 is 23.9 Å². The van der Waals surface area contributed by atoms with E-state index in [2.05, 4.69) is 10.9 Å². The van der Waals surface area contributed by atoms with Gasteiger partial charge in [0, 0.05) is 12.7 Å². The molecule has 2 amide bonds. The summed E-state index contributed by atoms with van der Waals surface area (Å²) in [5, 5.41) is 0. The van der Waals surface area contributed by atoms with Gasteiger partial charge in [-0.25, -0.2) is 4.79 Å². The van der Waals surface area contributed by atoms with E-state index in [0.29, 0.717) is 17.7 Å². The van der Waals surface area contributed by atoms with Gasteiger partial charge in [-0.1, -0.05) is 30.3 Å². The molecular formula is C19H20N2O5. The summed E-state index contributed by atoms with van der Waals surface area (Å²) in [5.74, 6) is -1.75. The molecule has 2 N–H and O–H groups in total. The predicted molar refractivity (Wildman–Crippen MR) is 94.1 cm³/mol. The number of rotatable bonds is 6. The van der Waals surface area contributed by atoms with Crippen LogP contribution in [0.25, 0.3) is 0 Å². The maximum Gasteiger partial charge on any atom is 0.338 e. The summed E-state index contributed by atoms with van der Waals surface area (Å²) < 4.78 is 10.1. The first-order chi connectivity index (χ1) is 12.5. The van der Waals surface area contributed by atoms with Gasteiger partial charge in [0.05, 0.1) is 12.2 Å². The van der Waals surface area contributed by atoms with Gasteiger partial charge in [-0.15, -0.1) is 0 Å². The molecule has 0 spiro atoms. The van der Waals surface area contributed by atoms with Crippen molar-refractivity contribution >= 4 is 17.8 Å². The van der Waals surface area contributed by atoms with Gasteiger partial charge in [0.1, 0.15) is 0 Å². The number of carbonyl (C=O) groups excluding carboxylic acids is 3. The normalized spacial score (nSPS) is 11.3. The van der Waals surface area contributed by atoms with Crippen LogP contribution in [0.1, 0.15) is 33.2 Å². The largest absolute Gasteiger partial charge is 0.449 e. The van der Waals surface area contributed by atoms with Crippen molar-refractivity contribution in [3.63, 3.8) is 0 Å². The Labute approximate surface area is 151 Å². The molecule has 0 fully saturated rings. The van der Waals surface area contributed by atoms with Crippen LogP contribution in [-0.2, 0) is 20.9 Å². The van der Waals surface area contributed by atoms with Crippen LogP contribution in [0.3, 0.4) is 0 Å². The first-order valence-electron chi connectivity index (χ1n) is 7.95. The molecule has 2 aromatic rings. The minimum atomic E-state index is -1.08. The Kier molecular flexibility index (Phi) is 6.87. The van der Waals surface area contributed by atoms with E-state index >= 15 is 0 Å². The minimum Gasteiger partial charge on any atom is -0.449 e. The summed E-state index contributed by atoms with van der Waals surface area (Å²) in [6.45, 7) is 1.78. The molecular weight excluding hydrogens is 336 g/mol. The lowest BCUT2D eigenvalue weighted by Crippen LogP contribution is -2.46. The average molecular weight is 356 g/mol. The van der Waals surface area contributed by atoms with Crippen LogP contribution in [0, 0.1) is 0 Å². The van der Waals surface area contributed by atoms with E-state index in [4.69, 9.17) is 9.47 Å². The highest BCUT2D eigenvalue weighted by atomic mass is 16.5. The highest BCUT2D eigenvalue weighted by Gasteiger charge is 2.19. The van der Waals surface area contributed by atoms with Crippen LogP contribution in [-0.4, -0.2) is 31.0 Å². The van der Waals surface area contributed by atoms with E-state index in [-0.39, 0.29) is 0 Å². The third kappa shape index (κ3) is 5.42. The molecule has 7 nitrogen and oxygen atoms in total. The van der Waals surface area contributed by atoms with Crippen LogP contribution in [0.15, 0.2) is 54.6 Å². The van der Waals surface area contributed by atoms with Crippen molar-refractivity contribution in [2.45, 2.75) is 19.6 Å². The van der Waals surface area contributed by atoms with E-state index in [1.807, 2.05) is 6.07 Å². The summed E-state index contributed by atoms with van der Waals surface area (Å²) in [7, 11) is 1.56. The van der Waals surface area contributed by atoms with Gasteiger partial charge in [0.15, 0.2) is 6.10 Å². The molecule has 2 aromatic carbocycles. The van der Waals surface area contributed by atoms with Crippen molar-refractivity contribution in [2.75, 3.05) is 7.11 Å². The standard InChI is InChI=1S/C19H20N2O5/c1-13(17(22)20-21-18(23)15-8-4-3-5-9-15)26-19(24)16-10-6-7-14(11-16)12-25-2/h3-11,13H,12H2,1-2H3,(H,20,22)(H,21,23)/t13-/m0/s1. The van der Waals surface area contributed by atoms with Crippen molar-refractivity contribution in [2.24, 2.45) is 0 Å². The van der Waals surface area contributed by atoms with Crippen LogP contribution >= 0.6 is 0 Å². The summed E-state index contributed by atoms with van der Waals surface area (Å²) in [5.41, 5.74) is 6.03. The van der Waals surface area contributed by atoms with Gasteiger partial charge in [0.2, 0.25) is 0 Å². The van der Waals surface area contributed by atoms with Crippen LogP contribution in [0.4, 0.5) is 0 Å². The van der Waals surface area contributed by atoms with Gasteiger partial charge >= 0.3 is 5.97 Å². The summed E-state index contributed by atoms with van der Waals surface area (Å²) in [4.78, 5) is 36.0. The molecule has 136 valence electrons. The SMILES string of the molecule is COCc1cccc(C(=O)O[C@@H](C)C(=O)NNC(=O)c2ccccc2)c1. The Bertz CT molecular complexity index is 777. The highest BCUT2D eigenvalue weighted by Crippen LogP contribution is 2.09. The fourth-order valence-corrected chi connectivity index (χ4v) is 2.12. The maximum atomic E-state index is 12.1. The second-order valence-electron chi connectivity index (χ2n) is 5.49. The fourth-order valence-electron chi connectivity index (χ4n) is 2.12. The highest BCUT2D eigenvalue weighted by molar-refractivity contribution is 5.96. The molecule has 0 unspecified atom stereocenters. The number of esters is 1. The molecule has 0 aliphatic carbocycles. The second kappa shape index (κ2) is 9.33.